The van der Waals surface area contributed by atoms with Crippen LogP contribution in [0.5, 0.6) is 0 Å². The highest BCUT2D eigenvalue weighted by atomic mass is 16.7. The first kappa shape index (κ1) is 16.1. The van der Waals surface area contributed by atoms with Crippen LogP contribution in [0.4, 0.5) is 0 Å². The van der Waals surface area contributed by atoms with E-state index in [1.54, 1.807) is 0 Å². The Morgan fingerprint density at radius 1 is 1.25 bits per heavy atom. The summed E-state index contributed by atoms with van der Waals surface area (Å²) in [4.78, 5) is 0. The van der Waals surface area contributed by atoms with Crippen molar-refractivity contribution in [2.45, 2.75) is 55.2 Å². The molecule has 8 nitrogen and oxygen atoms in total. The molecule has 0 aromatic carbocycles. The van der Waals surface area contributed by atoms with Crippen molar-refractivity contribution >= 4 is 0 Å². The van der Waals surface area contributed by atoms with Crippen LogP contribution >= 0.6 is 0 Å². The third kappa shape index (κ3) is 2.46. The molecule has 2 saturated heterocycles. The van der Waals surface area contributed by atoms with Gasteiger partial charge in [0.2, 0.25) is 5.79 Å². The van der Waals surface area contributed by atoms with E-state index in [9.17, 15) is 25.5 Å². The highest BCUT2D eigenvalue weighted by Gasteiger charge is 2.59. The normalized spacial score (nSPS) is 50.1. The number of ether oxygens (including phenoxy) is 2. The average molecular weight is 293 g/mol. The maximum atomic E-state index is 10.2. The minimum atomic E-state index is -1.73. The molecule has 0 radical (unpaired) electrons. The molecule has 20 heavy (non-hydrogen) atoms. The minimum absolute atomic E-state index is 0.501. The van der Waals surface area contributed by atoms with Gasteiger partial charge in [-0.05, 0) is 19.4 Å². The first-order valence-electron chi connectivity index (χ1n) is 6.77. The van der Waals surface area contributed by atoms with Crippen LogP contribution < -0.4 is 5.32 Å². The van der Waals surface area contributed by atoms with Crippen molar-refractivity contribution in [2.24, 2.45) is 0 Å². The summed E-state index contributed by atoms with van der Waals surface area (Å²) in [6, 6.07) is -0.771. The summed E-state index contributed by atoms with van der Waals surface area (Å²) >= 11 is 0. The molecule has 2 aliphatic rings. The molecule has 7 unspecified atom stereocenters. The van der Waals surface area contributed by atoms with Crippen LogP contribution in [0.25, 0.3) is 0 Å². The molecule has 0 amide bonds. The lowest BCUT2D eigenvalue weighted by molar-refractivity contribution is -0.373. The number of nitrogens with one attached hydrogen (secondary N) is 1. The average Bonchev–Trinajstić information content (AvgIpc) is 2.47. The van der Waals surface area contributed by atoms with Gasteiger partial charge in [-0.25, -0.2) is 0 Å². The lowest BCUT2D eigenvalue weighted by Crippen LogP contribution is -2.74. The van der Waals surface area contributed by atoms with E-state index >= 15 is 0 Å². The molecule has 2 aliphatic heterocycles. The highest BCUT2D eigenvalue weighted by Crippen LogP contribution is 2.36. The molecule has 0 bridgehead atoms. The Hall–Kier alpha value is -0.320. The van der Waals surface area contributed by atoms with E-state index < -0.39 is 49.0 Å². The van der Waals surface area contributed by atoms with Gasteiger partial charge in [0.1, 0.15) is 24.4 Å². The summed E-state index contributed by atoms with van der Waals surface area (Å²) < 4.78 is 10.8. The molecule has 118 valence electrons. The number of rotatable bonds is 3. The Bertz CT molecular complexity index is 329. The van der Waals surface area contributed by atoms with Crippen LogP contribution in [0.1, 0.15) is 12.8 Å². The predicted molar refractivity (Wildman–Crippen MR) is 66.8 cm³/mol. The van der Waals surface area contributed by atoms with E-state index in [2.05, 4.69) is 5.32 Å². The van der Waals surface area contributed by atoms with Gasteiger partial charge in [0.25, 0.3) is 0 Å². The molecular formula is C12H23NO7. The summed E-state index contributed by atoms with van der Waals surface area (Å²) in [6.45, 7) is 0.0598. The fourth-order valence-corrected chi connectivity index (χ4v) is 3.00. The monoisotopic (exact) mass is 293 g/mol. The first-order chi connectivity index (χ1) is 9.47. The van der Waals surface area contributed by atoms with Crippen LogP contribution in [-0.4, -0.2) is 88.1 Å². The molecule has 2 rings (SSSR count). The molecule has 2 fully saturated rings. The Morgan fingerprint density at radius 3 is 2.50 bits per heavy atom. The molecule has 6 N–H and O–H groups in total. The summed E-state index contributed by atoms with van der Waals surface area (Å²) in [5.74, 6) is -1.73. The second-order valence-corrected chi connectivity index (χ2v) is 5.33. The Labute approximate surface area is 116 Å². The molecule has 0 aromatic rings. The van der Waals surface area contributed by atoms with Gasteiger partial charge in [-0.2, -0.15) is 0 Å². The first-order valence-corrected chi connectivity index (χ1v) is 6.77. The zero-order valence-electron chi connectivity index (χ0n) is 11.3. The predicted octanol–water partition coefficient (Wildman–Crippen LogP) is -3.08. The van der Waals surface area contributed by atoms with Crippen molar-refractivity contribution in [1.29, 1.82) is 0 Å². The standard InChI is InChI=1S/C12H23NO7/c1-19-12(10-6(15)3-2-4-13-10)11(18)9(17)8(16)7(5-14)20-12/h6-11,13-18H,2-5H2,1H3. The summed E-state index contributed by atoms with van der Waals surface area (Å²) in [5.41, 5.74) is 0. The van der Waals surface area contributed by atoms with E-state index in [-0.39, 0.29) is 0 Å². The molecule has 2 heterocycles. The largest absolute Gasteiger partial charge is 0.394 e. The Morgan fingerprint density at radius 2 is 1.95 bits per heavy atom. The Kier molecular flexibility index (Phi) is 4.98. The Balaban J connectivity index is 2.31. The van der Waals surface area contributed by atoms with Gasteiger partial charge in [0.15, 0.2) is 0 Å². The molecule has 7 atom stereocenters. The molecule has 0 aliphatic carbocycles. The van der Waals surface area contributed by atoms with Crippen LogP contribution in [0.2, 0.25) is 0 Å². The maximum Gasteiger partial charge on any atom is 0.215 e. The number of methoxy groups -OCH3 is 1. The summed E-state index contributed by atoms with van der Waals surface area (Å²) in [5, 5.41) is 52.3. The number of hydrogen-bond acceptors (Lipinski definition) is 8. The smallest absolute Gasteiger partial charge is 0.215 e. The van der Waals surface area contributed by atoms with Crippen LogP contribution in [0.3, 0.4) is 0 Å². The van der Waals surface area contributed by atoms with Crippen LogP contribution in [0, 0.1) is 0 Å². The van der Waals surface area contributed by atoms with Crippen molar-refractivity contribution in [1.82, 2.24) is 5.32 Å². The SMILES string of the molecule is COC1(C2NCCCC2O)OC(CO)C(O)C(O)C1O. The van der Waals surface area contributed by atoms with Gasteiger partial charge in [-0.3, -0.25) is 0 Å². The molecule has 0 saturated carbocycles. The van der Waals surface area contributed by atoms with Crippen LogP contribution in [0.15, 0.2) is 0 Å². The molecule has 0 spiro atoms. The minimum Gasteiger partial charge on any atom is -0.394 e. The quantitative estimate of drug-likeness (QED) is 0.323. The fraction of sp³-hybridized carbons (Fsp3) is 1.00. The second-order valence-electron chi connectivity index (χ2n) is 5.33. The van der Waals surface area contributed by atoms with Crippen molar-refractivity contribution < 1.29 is 35.0 Å². The van der Waals surface area contributed by atoms with E-state index in [0.29, 0.717) is 13.0 Å². The summed E-state index contributed by atoms with van der Waals surface area (Å²) in [7, 11) is 1.28. The third-order valence-electron chi connectivity index (χ3n) is 4.16. The van der Waals surface area contributed by atoms with Gasteiger partial charge in [0, 0.05) is 7.11 Å². The fourth-order valence-electron chi connectivity index (χ4n) is 3.00. The number of piperidine rings is 1. The van der Waals surface area contributed by atoms with Crippen LogP contribution in [-0.2, 0) is 9.47 Å². The number of hydrogen-bond donors (Lipinski definition) is 6. The third-order valence-corrected chi connectivity index (χ3v) is 4.16. The van der Waals surface area contributed by atoms with Crippen molar-refractivity contribution in [3.8, 4) is 0 Å². The van der Waals surface area contributed by atoms with Crippen molar-refractivity contribution in [2.75, 3.05) is 20.3 Å². The van der Waals surface area contributed by atoms with Crippen molar-refractivity contribution in [3.05, 3.63) is 0 Å². The zero-order chi connectivity index (χ0) is 14.9. The van der Waals surface area contributed by atoms with Crippen molar-refractivity contribution in [3.63, 3.8) is 0 Å². The molecular weight excluding hydrogens is 270 g/mol. The van der Waals surface area contributed by atoms with E-state index in [1.807, 2.05) is 0 Å². The number of aliphatic hydroxyl groups excluding tert-OH is 5. The lowest BCUT2D eigenvalue weighted by atomic mass is 9.83. The van der Waals surface area contributed by atoms with Gasteiger partial charge in [-0.15, -0.1) is 0 Å². The molecule has 8 heteroatoms. The van der Waals surface area contributed by atoms with Gasteiger partial charge < -0.3 is 40.3 Å². The van der Waals surface area contributed by atoms with E-state index in [4.69, 9.17) is 9.47 Å². The molecule has 0 aromatic heterocycles. The lowest BCUT2D eigenvalue weighted by Gasteiger charge is -2.52. The van der Waals surface area contributed by atoms with E-state index in [1.165, 1.54) is 7.11 Å². The maximum absolute atomic E-state index is 10.2. The topological polar surface area (TPSA) is 132 Å². The van der Waals surface area contributed by atoms with Gasteiger partial charge in [-0.1, -0.05) is 0 Å². The second kappa shape index (κ2) is 6.20. The van der Waals surface area contributed by atoms with E-state index in [0.717, 1.165) is 6.42 Å². The van der Waals surface area contributed by atoms with Gasteiger partial charge in [0.05, 0.1) is 18.8 Å². The van der Waals surface area contributed by atoms with Gasteiger partial charge >= 0.3 is 0 Å². The highest BCUT2D eigenvalue weighted by molar-refractivity contribution is 5.05. The number of aliphatic hydroxyl groups is 5. The zero-order valence-corrected chi connectivity index (χ0v) is 11.3. The summed E-state index contributed by atoms with van der Waals surface area (Å²) in [6.07, 6.45) is -5.21.